The molecule has 0 atom stereocenters. The zero-order valence-corrected chi connectivity index (χ0v) is 7.71. The fourth-order valence-electron chi connectivity index (χ4n) is 0.936. The molecule has 1 rings (SSSR count). The predicted octanol–water partition coefficient (Wildman–Crippen LogP) is 1.81. The van der Waals surface area contributed by atoms with E-state index in [4.69, 9.17) is 4.52 Å². The molecule has 0 fully saturated rings. The largest absolute Gasteiger partial charge is 0.360 e. The summed E-state index contributed by atoms with van der Waals surface area (Å²) in [5.74, 6) is 1.66. The van der Waals surface area contributed by atoms with E-state index in [0.29, 0.717) is 0 Å². The highest BCUT2D eigenvalue weighted by Crippen LogP contribution is 1.98. The van der Waals surface area contributed by atoms with E-state index in [1.165, 1.54) is 6.42 Å². The molecule has 0 aliphatic heterocycles. The van der Waals surface area contributed by atoms with Gasteiger partial charge in [0.1, 0.15) is 5.76 Å². The highest BCUT2D eigenvalue weighted by Gasteiger charge is 1.96. The summed E-state index contributed by atoms with van der Waals surface area (Å²) in [5, 5.41) is 6.91. The fraction of sp³-hybridized carbons (Fsp3) is 0.667. The molecule has 12 heavy (non-hydrogen) atoms. The Morgan fingerprint density at radius 2 is 2.42 bits per heavy atom. The van der Waals surface area contributed by atoms with Crippen molar-refractivity contribution in [3.05, 3.63) is 18.0 Å². The molecule has 0 aliphatic rings. The van der Waals surface area contributed by atoms with Gasteiger partial charge in [0.15, 0.2) is 0 Å². The van der Waals surface area contributed by atoms with Gasteiger partial charge >= 0.3 is 0 Å². The summed E-state index contributed by atoms with van der Waals surface area (Å²) < 4.78 is 4.93. The van der Waals surface area contributed by atoms with Crippen LogP contribution in [0.5, 0.6) is 0 Å². The van der Waals surface area contributed by atoms with Gasteiger partial charge in [-0.3, -0.25) is 0 Å². The van der Waals surface area contributed by atoms with Crippen molar-refractivity contribution in [3.63, 3.8) is 0 Å². The van der Waals surface area contributed by atoms with Crippen LogP contribution in [0.4, 0.5) is 0 Å². The maximum atomic E-state index is 4.93. The first-order chi connectivity index (χ1) is 5.79. The number of aromatic nitrogens is 1. The molecule has 3 heteroatoms. The number of nitrogens with one attached hydrogen (secondary N) is 1. The van der Waals surface area contributed by atoms with E-state index in [2.05, 4.69) is 24.3 Å². The van der Waals surface area contributed by atoms with Crippen LogP contribution < -0.4 is 5.32 Å². The lowest BCUT2D eigenvalue weighted by molar-refractivity contribution is 0.370. The summed E-state index contributed by atoms with van der Waals surface area (Å²) >= 11 is 0. The van der Waals surface area contributed by atoms with E-state index in [-0.39, 0.29) is 0 Å². The van der Waals surface area contributed by atoms with Gasteiger partial charge in [-0.25, -0.2) is 0 Å². The molecule has 0 saturated carbocycles. The molecule has 1 aromatic rings. The molecule has 1 N–H and O–H groups in total. The average molecular weight is 168 g/mol. The van der Waals surface area contributed by atoms with Gasteiger partial charge in [-0.1, -0.05) is 19.0 Å². The summed E-state index contributed by atoms with van der Waals surface area (Å²) in [6.45, 7) is 6.26. The van der Waals surface area contributed by atoms with Gasteiger partial charge in [-0.05, 0) is 18.9 Å². The van der Waals surface area contributed by atoms with Crippen molar-refractivity contribution in [2.24, 2.45) is 5.92 Å². The Hall–Kier alpha value is -0.830. The number of rotatable bonds is 5. The van der Waals surface area contributed by atoms with Gasteiger partial charge in [-0.15, -0.1) is 0 Å². The van der Waals surface area contributed by atoms with Crippen LogP contribution in [0.3, 0.4) is 0 Å². The molecule has 0 bridgehead atoms. The third-order valence-electron chi connectivity index (χ3n) is 1.69. The summed E-state index contributed by atoms with van der Waals surface area (Å²) in [6, 6.07) is 1.88. The lowest BCUT2D eigenvalue weighted by Crippen LogP contribution is -2.15. The second-order valence-corrected chi connectivity index (χ2v) is 3.34. The topological polar surface area (TPSA) is 38.1 Å². The van der Waals surface area contributed by atoms with Gasteiger partial charge in [0, 0.05) is 6.07 Å². The number of hydrogen-bond donors (Lipinski definition) is 1. The number of hydrogen-bond acceptors (Lipinski definition) is 3. The standard InChI is InChI=1S/C9H16N2O/c1-8(2)3-5-10-7-9-4-6-11-12-9/h4,6,8,10H,3,5,7H2,1-2H3. The summed E-state index contributed by atoms with van der Waals surface area (Å²) in [4.78, 5) is 0. The van der Waals surface area contributed by atoms with Crippen LogP contribution >= 0.6 is 0 Å². The molecule has 0 spiro atoms. The first-order valence-electron chi connectivity index (χ1n) is 4.39. The van der Waals surface area contributed by atoms with E-state index < -0.39 is 0 Å². The van der Waals surface area contributed by atoms with E-state index in [9.17, 15) is 0 Å². The Labute approximate surface area is 73.1 Å². The number of nitrogens with zero attached hydrogens (tertiary/aromatic N) is 1. The molecule has 0 saturated heterocycles. The van der Waals surface area contributed by atoms with E-state index in [1.54, 1.807) is 6.20 Å². The molecular weight excluding hydrogens is 152 g/mol. The van der Waals surface area contributed by atoms with Crippen molar-refractivity contribution in [2.75, 3.05) is 6.54 Å². The lowest BCUT2D eigenvalue weighted by Gasteiger charge is -2.04. The summed E-state index contributed by atoms with van der Waals surface area (Å²) in [6.07, 6.45) is 2.87. The quantitative estimate of drug-likeness (QED) is 0.681. The van der Waals surface area contributed by atoms with Crippen molar-refractivity contribution in [2.45, 2.75) is 26.8 Å². The Kier molecular flexibility index (Phi) is 3.80. The van der Waals surface area contributed by atoms with Gasteiger partial charge < -0.3 is 9.84 Å². The van der Waals surface area contributed by atoms with Crippen LogP contribution in [-0.4, -0.2) is 11.7 Å². The summed E-state index contributed by atoms with van der Waals surface area (Å²) in [5.41, 5.74) is 0. The molecule has 68 valence electrons. The zero-order chi connectivity index (χ0) is 8.81. The molecule has 0 aliphatic carbocycles. The van der Waals surface area contributed by atoms with E-state index >= 15 is 0 Å². The minimum absolute atomic E-state index is 0.757. The molecule has 0 radical (unpaired) electrons. The van der Waals surface area contributed by atoms with E-state index in [0.717, 1.165) is 24.8 Å². The molecule has 1 aromatic heterocycles. The van der Waals surface area contributed by atoms with E-state index in [1.807, 2.05) is 6.07 Å². The fourth-order valence-corrected chi connectivity index (χ4v) is 0.936. The third kappa shape index (κ3) is 3.53. The molecule has 0 unspecified atom stereocenters. The first kappa shape index (κ1) is 9.26. The van der Waals surface area contributed by atoms with Crippen LogP contribution in [0.25, 0.3) is 0 Å². The van der Waals surface area contributed by atoms with Crippen LogP contribution in [0.2, 0.25) is 0 Å². The van der Waals surface area contributed by atoms with Crippen molar-refractivity contribution >= 4 is 0 Å². The van der Waals surface area contributed by atoms with Crippen molar-refractivity contribution < 1.29 is 4.52 Å². The van der Waals surface area contributed by atoms with Crippen molar-refractivity contribution in [3.8, 4) is 0 Å². The third-order valence-corrected chi connectivity index (χ3v) is 1.69. The van der Waals surface area contributed by atoms with Gasteiger partial charge in [0.25, 0.3) is 0 Å². The molecular formula is C9H16N2O. The minimum atomic E-state index is 0.757. The molecule has 1 heterocycles. The molecule has 0 aromatic carbocycles. The highest BCUT2D eigenvalue weighted by atomic mass is 16.5. The Morgan fingerprint density at radius 3 is 3.00 bits per heavy atom. The Bertz CT molecular complexity index is 194. The van der Waals surface area contributed by atoms with Crippen LogP contribution in [0.1, 0.15) is 26.0 Å². The average Bonchev–Trinajstić information content (AvgIpc) is 2.49. The van der Waals surface area contributed by atoms with Crippen molar-refractivity contribution in [1.29, 1.82) is 0 Å². The van der Waals surface area contributed by atoms with Gasteiger partial charge in [-0.2, -0.15) is 0 Å². The van der Waals surface area contributed by atoms with Crippen LogP contribution in [0.15, 0.2) is 16.8 Å². The molecule has 0 amide bonds. The lowest BCUT2D eigenvalue weighted by atomic mass is 10.1. The maximum absolute atomic E-state index is 4.93. The normalized spacial score (nSPS) is 10.9. The predicted molar refractivity (Wildman–Crippen MR) is 47.7 cm³/mol. The molecule has 3 nitrogen and oxygen atoms in total. The smallest absolute Gasteiger partial charge is 0.150 e. The van der Waals surface area contributed by atoms with Crippen LogP contribution in [0, 0.1) is 5.92 Å². The second kappa shape index (κ2) is 4.93. The summed E-state index contributed by atoms with van der Waals surface area (Å²) in [7, 11) is 0. The van der Waals surface area contributed by atoms with Crippen LogP contribution in [-0.2, 0) is 6.54 Å². The minimum Gasteiger partial charge on any atom is -0.360 e. The van der Waals surface area contributed by atoms with Gasteiger partial charge in [0.05, 0.1) is 12.7 Å². The monoisotopic (exact) mass is 168 g/mol. The first-order valence-corrected chi connectivity index (χ1v) is 4.39. The van der Waals surface area contributed by atoms with Crippen molar-refractivity contribution in [1.82, 2.24) is 10.5 Å². The van der Waals surface area contributed by atoms with Gasteiger partial charge in [0.2, 0.25) is 0 Å². The zero-order valence-electron chi connectivity index (χ0n) is 7.71. The Morgan fingerprint density at radius 1 is 1.58 bits per heavy atom. The highest BCUT2D eigenvalue weighted by molar-refractivity contribution is 4.91. The maximum Gasteiger partial charge on any atom is 0.150 e. The second-order valence-electron chi connectivity index (χ2n) is 3.34. The Balaban J connectivity index is 2.04. The SMILES string of the molecule is CC(C)CCNCc1ccno1.